The zero-order valence-electron chi connectivity index (χ0n) is 15.5. The minimum Gasteiger partial charge on any atom is -0.481 e. The van der Waals surface area contributed by atoms with E-state index in [4.69, 9.17) is 9.47 Å². The lowest BCUT2D eigenvalue weighted by Crippen LogP contribution is -2.35. The molecular formula is C15H16N8O5S. The molecule has 13 nitrogen and oxygen atoms in total. The molecule has 0 aliphatic rings. The van der Waals surface area contributed by atoms with Crippen molar-refractivity contribution in [1.82, 2.24) is 34.9 Å². The summed E-state index contributed by atoms with van der Waals surface area (Å²) in [5.41, 5.74) is 0.181. The summed E-state index contributed by atoms with van der Waals surface area (Å²) in [5, 5.41) is 13.7. The number of nitrogens with one attached hydrogen (secondary N) is 2. The summed E-state index contributed by atoms with van der Waals surface area (Å²) in [6, 6.07) is 6.24. The Hall–Kier alpha value is -3.81. The number of urea groups is 1. The number of methoxy groups -OCH3 is 2. The molecule has 0 saturated heterocycles. The largest absolute Gasteiger partial charge is 0.481 e. The van der Waals surface area contributed by atoms with Gasteiger partial charge in [-0.15, -0.1) is 10.2 Å². The van der Waals surface area contributed by atoms with Crippen molar-refractivity contribution in [3.8, 4) is 23.1 Å². The van der Waals surface area contributed by atoms with Gasteiger partial charge in [-0.2, -0.15) is 14.8 Å². The molecule has 0 bridgehead atoms. The van der Waals surface area contributed by atoms with Crippen molar-refractivity contribution in [3.05, 3.63) is 30.3 Å². The molecule has 0 saturated carbocycles. The number of carbonyl (C=O) groups is 1. The van der Waals surface area contributed by atoms with Gasteiger partial charge in [0.2, 0.25) is 23.5 Å². The number of carbonyl (C=O) groups excluding carboxylic acids is 1. The van der Waals surface area contributed by atoms with Gasteiger partial charge in [0.05, 0.1) is 32.2 Å². The van der Waals surface area contributed by atoms with Gasteiger partial charge in [0.1, 0.15) is 0 Å². The van der Waals surface area contributed by atoms with E-state index in [1.54, 1.807) is 13.1 Å². The van der Waals surface area contributed by atoms with Crippen molar-refractivity contribution < 1.29 is 22.7 Å². The third kappa shape index (κ3) is 4.55. The topological polar surface area (TPSA) is 163 Å². The second-order valence-electron chi connectivity index (χ2n) is 5.43. The smallest absolute Gasteiger partial charge is 0.335 e. The quantitative estimate of drug-likeness (QED) is 0.563. The molecule has 3 rings (SSSR count). The van der Waals surface area contributed by atoms with E-state index in [0.717, 1.165) is 0 Å². The minimum atomic E-state index is -4.28. The van der Waals surface area contributed by atoms with Crippen molar-refractivity contribution in [2.75, 3.05) is 19.5 Å². The Kier molecular flexibility index (Phi) is 5.54. The molecule has 0 spiro atoms. The second-order valence-corrected chi connectivity index (χ2v) is 7.09. The number of ether oxygens (including phenoxy) is 2. The molecule has 0 aliphatic carbocycles. The standard InChI is InChI=1S/C15H16N8O5S/c1-23-20-13(19-22-23)9-6-4-5-7-10(9)29(25,26)21-15(24)18-14-16-11(27-2)8-12(17-14)28-3/h4-8H,1-3H3,(H2,16,17,18,21,24). The Morgan fingerprint density at radius 1 is 1.10 bits per heavy atom. The average Bonchev–Trinajstić information content (AvgIpc) is 3.13. The maximum Gasteiger partial charge on any atom is 0.335 e. The highest BCUT2D eigenvalue weighted by Crippen LogP contribution is 2.24. The first kappa shape index (κ1) is 19.9. The number of benzene rings is 1. The molecule has 0 atom stereocenters. The van der Waals surface area contributed by atoms with Gasteiger partial charge >= 0.3 is 6.03 Å². The van der Waals surface area contributed by atoms with Crippen LogP contribution in [0.5, 0.6) is 11.8 Å². The lowest BCUT2D eigenvalue weighted by Gasteiger charge is -2.11. The highest BCUT2D eigenvalue weighted by molar-refractivity contribution is 7.90. The normalized spacial score (nSPS) is 11.0. The zero-order chi connectivity index (χ0) is 21.0. The Bertz CT molecular complexity index is 1120. The predicted molar refractivity (Wildman–Crippen MR) is 98.7 cm³/mol. The third-order valence-corrected chi connectivity index (χ3v) is 4.86. The minimum absolute atomic E-state index is 0.0924. The van der Waals surface area contributed by atoms with Gasteiger partial charge in [0, 0.05) is 5.56 Å². The summed E-state index contributed by atoms with van der Waals surface area (Å²) in [6.45, 7) is 0. The Labute approximate surface area is 165 Å². The second kappa shape index (κ2) is 8.05. The average molecular weight is 420 g/mol. The van der Waals surface area contributed by atoms with Crippen LogP contribution in [0, 0.1) is 0 Å². The van der Waals surface area contributed by atoms with Crippen molar-refractivity contribution in [3.63, 3.8) is 0 Å². The molecule has 152 valence electrons. The van der Waals surface area contributed by atoms with Gasteiger partial charge < -0.3 is 9.47 Å². The fraction of sp³-hybridized carbons (Fsp3) is 0.200. The monoisotopic (exact) mass is 420 g/mol. The molecule has 2 amide bonds. The highest BCUT2D eigenvalue weighted by Gasteiger charge is 2.24. The van der Waals surface area contributed by atoms with Gasteiger partial charge in [0.25, 0.3) is 10.0 Å². The fourth-order valence-electron chi connectivity index (χ4n) is 2.25. The van der Waals surface area contributed by atoms with E-state index in [2.05, 4.69) is 30.7 Å². The third-order valence-electron chi connectivity index (χ3n) is 3.48. The summed E-state index contributed by atoms with van der Waals surface area (Å²) in [4.78, 5) is 21.0. The fourth-order valence-corrected chi connectivity index (χ4v) is 3.36. The van der Waals surface area contributed by atoms with E-state index in [1.165, 1.54) is 43.3 Å². The molecule has 1 aromatic carbocycles. The zero-order valence-corrected chi connectivity index (χ0v) is 16.3. The molecule has 0 unspecified atom stereocenters. The molecule has 0 fully saturated rings. The molecule has 0 aliphatic heterocycles. The number of aryl methyl sites for hydroxylation is 1. The molecule has 2 heterocycles. The maximum absolute atomic E-state index is 12.7. The van der Waals surface area contributed by atoms with Crippen LogP contribution >= 0.6 is 0 Å². The van der Waals surface area contributed by atoms with Crippen molar-refractivity contribution in [2.24, 2.45) is 7.05 Å². The Morgan fingerprint density at radius 3 is 2.34 bits per heavy atom. The number of nitrogens with zero attached hydrogens (tertiary/aromatic N) is 6. The summed E-state index contributed by atoms with van der Waals surface area (Å²) in [6.07, 6.45) is 0. The van der Waals surface area contributed by atoms with Crippen LogP contribution < -0.4 is 19.5 Å². The van der Waals surface area contributed by atoms with Crippen molar-refractivity contribution in [1.29, 1.82) is 0 Å². The molecule has 29 heavy (non-hydrogen) atoms. The Balaban J connectivity index is 1.84. The van der Waals surface area contributed by atoms with E-state index < -0.39 is 16.1 Å². The first-order chi connectivity index (χ1) is 13.8. The van der Waals surface area contributed by atoms with Crippen LogP contribution in [0.15, 0.2) is 35.2 Å². The first-order valence-corrected chi connectivity index (χ1v) is 9.45. The number of tetrazole rings is 1. The van der Waals surface area contributed by atoms with Gasteiger partial charge in [-0.05, 0) is 17.3 Å². The summed E-state index contributed by atoms with van der Waals surface area (Å²) < 4.78 is 37.3. The van der Waals surface area contributed by atoms with Gasteiger partial charge in [-0.1, -0.05) is 12.1 Å². The number of hydrogen-bond donors (Lipinski definition) is 2. The van der Waals surface area contributed by atoms with E-state index in [9.17, 15) is 13.2 Å². The van der Waals surface area contributed by atoms with Crippen LogP contribution in [0.25, 0.3) is 11.4 Å². The highest BCUT2D eigenvalue weighted by atomic mass is 32.2. The van der Waals surface area contributed by atoms with E-state index in [0.29, 0.717) is 0 Å². The molecule has 0 radical (unpaired) electrons. The number of sulfonamides is 1. The van der Waals surface area contributed by atoms with Crippen LogP contribution in [0.3, 0.4) is 0 Å². The molecule has 2 N–H and O–H groups in total. The number of anilines is 1. The van der Waals surface area contributed by atoms with Crippen molar-refractivity contribution >= 4 is 22.0 Å². The first-order valence-electron chi connectivity index (χ1n) is 7.96. The summed E-state index contributed by atoms with van der Waals surface area (Å²) >= 11 is 0. The molecular weight excluding hydrogens is 404 g/mol. The van der Waals surface area contributed by atoms with Crippen LogP contribution in [0.2, 0.25) is 0 Å². The van der Waals surface area contributed by atoms with Gasteiger partial charge in [0.15, 0.2) is 0 Å². The summed E-state index contributed by atoms with van der Waals surface area (Å²) in [7, 11) is 0.00286. The lowest BCUT2D eigenvalue weighted by atomic mass is 10.2. The van der Waals surface area contributed by atoms with Crippen LogP contribution in [0.4, 0.5) is 10.7 Å². The van der Waals surface area contributed by atoms with E-state index in [-0.39, 0.29) is 34.0 Å². The van der Waals surface area contributed by atoms with Crippen LogP contribution in [0.1, 0.15) is 0 Å². The Morgan fingerprint density at radius 2 is 1.76 bits per heavy atom. The molecule has 14 heteroatoms. The van der Waals surface area contributed by atoms with E-state index >= 15 is 0 Å². The number of amides is 2. The molecule has 2 aromatic heterocycles. The van der Waals surface area contributed by atoms with Gasteiger partial charge in [-0.25, -0.2) is 17.9 Å². The number of rotatable bonds is 6. The number of hydrogen-bond acceptors (Lipinski definition) is 10. The maximum atomic E-state index is 12.7. The van der Waals surface area contributed by atoms with E-state index in [1.807, 2.05) is 4.72 Å². The predicted octanol–water partition coefficient (Wildman–Crippen LogP) is 0.195. The van der Waals surface area contributed by atoms with Crippen LogP contribution in [-0.4, -0.2) is 58.8 Å². The lowest BCUT2D eigenvalue weighted by molar-refractivity contribution is 0.256. The van der Waals surface area contributed by atoms with Crippen LogP contribution in [-0.2, 0) is 17.1 Å². The van der Waals surface area contributed by atoms with Gasteiger partial charge in [-0.3, -0.25) is 5.32 Å². The SMILES string of the molecule is COc1cc(OC)nc(NC(=O)NS(=O)(=O)c2ccccc2-c2nnn(C)n2)n1. The van der Waals surface area contributed by atoms with Crippen molar-refractivity contribution in [2.45, 2.75) is 4.90 Å². The number of aromatic nitrogens is 6. The summed E-state index contributed by atoms with van der Waals surface area (Å²) in [5.74, 6) is 0.121. The molecule has 3 aromatic rings.